The molecule has 3 aromatic rings. The summed E-state index contributed by atoms with van der Waals surface area (Å²) >= 11 is 0. The van der Waals surface area contributed by atoms with Crippen molar-refractivity contribution in [3.8, 4) is 22.5 Å². The van der Waals surface area contributed by atoms with E-state index in [0.717, 1.165) is 16.7 Å². The summed E-state index contributed by atoms with van der Waals surface area (Å²) in [5, 5.41) is 22.8. The van der Waals surface area contributed by atoms with Crippen LogP contribution in [0.1, 0.15) is 38.5 Å². The van der Waals surface area contributed by atoms with Gasteiger partial charge in [-0.3, -0.25) is 19.2 Å². The van der Waals surface area contributed by atoms with Crippen LogP contribution in [-0.4, -0.2) is 43.9 Å². The number of carboxylic acids is 2. The van der Waals surface area contributed by atoms with Gasteiger partial charge in [0.2, 0.25) is 11.8 Å². The quantitative estimate of drug-likeness (QED) is 0.294. The number of benzene rings is 2. The van der Waals surface area contributed by atoms with Gasteiger partial charge in [-0.05, 0) is 54.8 Å². The van der Waals surface area contributed by atoms with Crippen molar-refractivity contribution in [1.29, 1.82) is 0 Å². The summed E-state index contributed by atoms with van der Waals surface area (Å²) in [6.07, 6.45) is 4.15. The fourth-order valence-electron chi connectivity index (χ4n) is 3.32. The maximum absolute atomic E-state index is 11.9. The van der Waals surface area contributed by atoms with Gasteiger partial charge >= 0.3 is 11.9 Å². The maximum atomic E-state index is 11.9. The van der Waals surface area contributed by atoms with Crippen molar-refractivity contribution in [2.24, 2.45) is 0 Å². The lowest BCUT2D eigenvalue weighted by Crippen LogP contribution is -2.11. The number of amides is 2. The molecule has 1 aromatic heterocycles. The molecular formula is C26H26N4O6. The summed E-state index contributed by atoms with van der Waals surface area (Å²) in [5.74, 6) is -1.81. The van der Waals surface area contributed by atoms with E-state index >= 15 is 0 Å². The van der Waals surface area contributed by atoms with Crippen molar-refractivity contribution < 1.29 is 29.4 Å². The van der Waals surface area contributed by atoms with Crippen LogP contribution < -0.4 is 10.6 Å². The molecule has 10 heteroatoms. The van der Waals surface area contributed by atoms with Crippen molar-refractivity contribution in [1.82, 2.24) is 9.97 Å². The molecule has 0 spiro atoms. The number of aromatic nitrogens is 2. The molecule has 0 saturated carbocycles. The van der Waals surface area contributed by atoms with Crippen molar-refractivity contribution >= 4 is 35.1 Å². The van der Waals surface area contributed by atoms with Gasteiger partial charge in [-0.25, -0.2) is 9.97 Å². The number of rotatable bonds is 12. The van der Waals surface area contributed by atoms with E-state index in [1.54, 1.807) is 48.8 Å². The Morgan fingerprint density at radius 3 is 1.42 bits per heavy atom. The standard InChI is InChI=1S/C26H26N4O6/c31-22(3-1-5-24(33)34)29-20-11-7-17(8-12-20)19-15-27-26(28-16-19)18-9-13-21(14-10-18)30-23(32)4-2-6-25(35)36/h7-16H,1-6H2,(H,29,31)(H,30,32)(H,33,34)(H,35,36). The third-order valence-corrected chi connectivity index (χ3v) is 5.17. The van der Waals surface area contributed by atoms with Crippen LogP contribution in [0.25, 0.3) is 22.5 Å². The summed E-state index contributed by atoms with van der Waals surface area (Å²) < 4.78 is 0. The summed E-state index contributed by atoms with van der Waals surface area (Å²) in [5.41, 5.74) is 3.65. The van der Waals surface area contributed by atoms with E-state index in [9.17, 15) is 19.2 Å². The zero-order valence-corrected chi connectivity index (χ0v) is 19.4. The highest BCUT2D eigenvalue weighted by atomic mass is 16.4. The Hall–Kier alpha value is -4.60. The average molecular weight is 491 g/mol. The second-order valence-corrected chi connectivity index (χ2v) is 8.04. The Kier molecular flexibility index (Phi) is 9.21. The predicted molar refractivity (Wildman–Crippen MR) is 133 cm³/mol. The molecule has 0 atom stereocenters. The first-order chi connectivity index (χ1) is 17.3. The number of nitrogens with zero attached hydrogens (tertiary/aromatic N) is 2. The van der Waals surface area contributed by atoms with E-state index in [2.05, 4.69) is 20.6 Å². The van der Waals surface area contributed by atoms with Gasteiger partial charge in [-0.1, -0.05) is 12.1 Å². The first kappa shape index (κ1) is 26.0. The minimum absolute atomic E-state index is 0.0424. The Bertz CT molecular complexity index is 1110. The van der Waals surface area contributed by atoms with Crippen LogP contribution in [0.5, 0.6) is 0 Å². The largest absolute Gasteiger partial charge is 0.481 e. The molecule has 0 aliphatic carbocycles. The Morgan fingerprint density at radius 1 is 0.583 bits per heavy atom. The number of anilines is 2. The summed E-state index contributed by atoms with van der Waals surface area (Å²) in [4.78, 5) is 53.7. The number of hydrogen-bond acceptors (Lipinski definition) is 6. The lowest BCUT2D eigenvalue weighted by molar-refractivity contribution is -0.138. The normalized spacial score (nSPS) is 10.4. The number of carbonyl (C=O) groups excluding carboxylic acids is 2. The number of nitrogens with one attached hydrogen (secondary N) is 2. The first-order valence-electron chi connectivity index (χ1n) is 11.4. The molecular weight excluding hydrogens is 464 g/mol. The molecule has 4 N–H and O–H groups in total. The van der Waals surface area contributed by atoms with Crippen LogP contribution in [0.3, 0.4) is 0 Å². The maximum Gasteiger partial charge on any atom is 0.303 e. The number of hydrogen-bond donors (Lipinski definition) is 4. The molecule has 1 heterocycles. The molecule has 10 nitrogen and oxygen atoms in total. The highest BCUT2D eigenvalue weighted by molar-refractivity contribution is 5.91. The molecule has 0 fully saturated rings. The Labute approximate surface area is 207 Å². The Balaban J connectivity index is 1.54. The fraction of sp³-hybridized carbons (Fsp3) is 0.231. The minimum Gasteiger partial charge on any atom is -0.481 e. The van der Waals surface area contributed by atoms with Crippen LogP contribution in [0.2, 0.25) is 0 Å². The lowest BCUT2D eigenvalue weighted by atomic mass is 10.1. The zero-order chi connectivity index (χ0) is 25.9. The number of carbonyl (C=O) groups is 4. The molecule has 0 aliphatic rings. The second-order valence-electron chi connectivity index (χ2n) is 8.04. The molecule has 36 heavy (non-hydrogen) atoms. The molecule has 0 saturated heterocycles. The van der Waals surface area contributed by atoms with Crippen molar-refractivity contribution in [2.45, 2.75) is 38.5 Å². The van der Waals surface area contributed by atoms with Crippen molar-refractivity contribution in [2.75, 3.05) is 10.6 Å². The zero-order valence-electron chi connectivity index (χ0n) is 19.4. The Morgan fingerprint density at radius 2 is 1.00 bits per heavy atom. The molecule has 0 unspecified atom stereocenters. The topological polar surface area (TPSA) is 159 Å². The SMILES string of the molecule is O=C(O)CCCC(=O)Nc1ccc(-c2cnc(-c3ccc(NC(=O)CCCC(=O)O)cc3)nc2)cc1. The van der Waals surface area contributed by atoms with Gasteiger partial charge in [-0.15, -0.1) is 0 Å². The van der Waals surface area contributed by atoms with Gasteiger partial charge in [0.1, 0.15) is 0 Å². The molecule has 3 rings (SSSR count). The van der Waals surface area contributed by atoms with E-state index in [-0.39, 0.29) is 50.3 Å². The summed E-state index contributed by atoms with van der Waals surface area (Å²) in [6.45, 7) is 0. The molecule has 0 bridgehead atoms. The third kappa shape index (κ3) is 8.32. The van der Waals surface area contributed by atoms with E-state index < -0.39 is 11.9 Å². The summed E-state index contributed by atoms with van der Waals surface area (Å²) in [6, 6.07) is 14.2. The van der Waals surface area contributed by atoms with E-state index in [1.807, 2.05) is 12.1 Å². The highest BCUT2D eigenvalue weighted by Gasteiger charge is 2.08. The molecule has 2 amide bonds. The van der Waals surface area contributed by atoms with Crippen LogP contribution in [0, 0.1) is 0 Å². The van der Waals surface area contributed by atoms with E-state index in [0.29, 0.717) is 17.2 Å². The van der Waals surface area contributed by atoms with Crippen LogP contribution >= 0.6 is 0 Å². The molecule has 186 valence electrons. The van der Waals surface area contributed by atoms with Gasteiger partial charge < -0.3 is 20.8 Å². The predicted octanol–water partition coefficient (Wildman–Crippen LogP) is 4.20. The van der Waals surface area contributed by atoms with Crippen molar-refractivity contribution in [3.63, 3.8) is 0 Å². The van der Waals surface area contributed by atoms with Crippen LogP contribution in [0.15, 0.2) is 60.9 Å². The number of carboxylic acid groups (broad SMARTS) is 2. The van der Waals surface area contributed by atoms with E-state index in [1.165, 1.54) is 0 Å². The van der Waals surface area contributed by atoms with Gasteiger partial charge in [0.25, 0.3) is 0 Å². The second kappa shape index (κ2) is 12.7. The third-order valence-electron chi connectivity index (χ3n) is 5.17. The molecule has 2 aromatic carbocycles. The van der Waals surface area contributed by atoms with Gasteiger partial charge in [0.05, 0.1) is 0 Å². The van der Waals surface area contributed by atoms with Gasteiger partial charge in [-0.2, -0.15) is 0 Å². The first-order valence-corrected chi connectivity index (χ1v) is 11.4. The smallest absolute Gasteiger partial charge is 0.303 e. The fourth-order valence-corrected chi connectivity index (χ4v) is 3.32. The minimum atomic E-state index is -0.926. The summed E-state index contributed by atoms with van der Waals surface area (Å²) in [7, 11) is 0. The molecule has 0 aliphatic heterocycles. The van der Waals surface area contributed by atoms with Crippen molar-refractivity contribution in [3.05, 3.63) is 60.9 Å². The van der Waals surface area contributed by atoms with Crippen LogP contribution in [0.4, 0.5) is 11.4 Å². The van der Waals surface area contributed by atoms with Gasteiger partial charge in [0.15, 0.2) is 5.82 Å². The molecule has 0 radical (unpaired) electrons. The monoisotopic (exact) mass is 490 g/mol. The number of aliphatic carboxylic acids is 2. The van der Waals surface area contributed by atoms with Crippen LogP contribution in [-0.2, 0) is 19.2 Å². The average Bonchev–Trinajstić information content (AvgIpc) is 2.85. The van der Waals surface area contributed by atoms with Gasteiger partial charge in [0, 0.05) is 60.6 Å². The highest BCUT2D eigenvalue weighted by Crippen LogP contribution is 2.23. The lowest BCUT2D eigenvalue weighted by Gasteiger charge is -2.08. The van der Waals surface area contributed by atoms with E-state index in [4.69, 9.17) is 10.2 Å².